The van der Waals surface area contributed by atoms with E-state index in [1.54, 1.807) is 12.1 Å². The Labute approximate surface area is 133 Å². The summed E-state index contributed by atoms with van der Waals surface area (Å²) >= 11 is 5.86. The van der Waals surface area contributed by atoms with E-state index in [2.05, 4.69) is 32.6 Å². The van der Waals surface area contributed by atoms with Crippen molar-refractivity contribution in [3.8, 4) is 0 Å². The first-order valence-electron chi connectivity index (χ1n) is 7.85. The van der Waals surface area contributed by atoms with Crippen LogP contribution in [0.2, 0.25) is 5.02 Å². The number of hydrogen-bond donors (Lipinski definition) is 1. The highest BCUT2D eigenvalue weighted by molar-refractivity contribution is 6.30. The van der Waals surface area contributed by atoms with Gasteiger partial charge in [0, 0.05) is 29.7 Å². The number of nitrogens with two attached hydrogens (primary N) is 1. The van der Waals surface area contributed by atoms with Gasteiger partial charge >= 0.3 is 0 Å². The number of benzene rings is 1. The minimum absolute atomic E-state index is 0.102. The molecule has 0 aliphatic carbocycles. The first-order chi connectivity index (χ1) is 9.94. The van der Waals surface area contributed by atoms with E-state index in [1.165, 1.54) is 6.07 Å². The van der Waals surface area contributed by atoms with E-state index in [4.69, 9.17) is 17.3 Å². The van der Waals surface area contributed by atoms with Crippen LogP contribution in [0.25, 0.3) is 0 Å². The molecule has 1 rings (SSSR count). The zero-order valence-corrected chi connectivity index (χ0v) is 14.3. The van der Waals surface area contributed by atoms with Gasteiger partial charge in [-0.1, -0.05) is 45.4 Å². The Morgan fingerprint density at radius 3 is 2.29 bits per heavy atom. The van der Waals surface area contributed by atoms with Crippen molar-refractivity contribution in [2.45, 2.75) is 52.6 Å². The molecule has 4 heteroatoms. The van der Waals surface area contributed by atoms with E-state index in [9.17, 15) is 4.39 Å². The van der Waals surface area contributed by atoms with Gasteiger partial charge in [0.05, 0.1) is 6.04 Å². The zero-order valence-electron chi connectivity index (χ0n) is 13.6. The molecule has 0 aromatic heterocycles. The zero-order chi connectivity index (χ0) is 16.0. The average molecular weight is 315 g/mol. The summed E-state index contributed by atoms with van der Waals surface area (Å²) in [6.45, 7) is 10.0. The fourth-order valence-corrected chi connectivity index (χ4v) is 3.08. The summed E-state index contributed by atoms with van der Waals surface area (Å²) in [7, 11) is 0. The number of hydrogen-bond acceptors (Lipinski definition) is 2. The quantitative estimate of drug-likeness (QED) is 0.758. The molecule has 0 saturated carbocycles. The van der Waals surface area contributed by atoms with Crippen molar-refractivity contribution in [1.29, 1.82) is 0 Å². The fraction of sp³-hybridized carbons (Fsp3) is 0.647. The normalized spacial score (nSPS) is 13.4. The van der Waals surface area contributed by atoms with Crippen LogP contribution in [0.4, 0.5) is 4.39 Å². The fourth-order valence-electron chi connectivity index (χ4n) is 2.92. The Balaban J connectivity index is 3.16. The van der Waals surface area contributed by atoms with Gasteiger partial charge < -0.3 is 5.73 Å². The van der Waals surface area contributed by atoms with Crippen molar-refractivity contribution in [2.75, 3.05) is 13.1 Å². The Morgan fingerprint density at radius 2 is 1.86 bits per heavy atom. The van der Waals surface area contributed by atoms with Gasteiger partial charge in [0.15, 0.2) is 0 Å². The number of halogens is 2. The van der Waals surface area contributed by atoms with Gasteiger partial charge in [0.1, 0.15) is 5.82 Å². The van der Waals surface area contributed by atoms with Gasteiger partial charge in [-0.25, -0.2) is 4.39 Å². The molecule has 1 unspecified atom stereocenters. The monoisotopic (exact) mass is 314 g/mol. The van der Waals surface area contributed by atoms with Crippen LogP contribution in [0.5, 0.6) is 0 Å². The van der Waals surface area contributed by atoms with E-state index in [0.717, 1.165) is 19.4 Å². The molecule has 0 radical (unpaired) electrons. The van der Waals surface area contributed by atoms with Crippen molar-refractivity contribution in [1.82, 2.24) is 4.90 Å². The molecule has 0 bridgehead atoms. The molecule has 1 aromatic carbocycles. The minimum atomic E-state index is -0.266. The first kappa shape index (κ1) is 18.4. The van der Waals surface area contributed by atoms with E-state index < -0.39 is 0 Å². The standard InChI is InChI=1S/C17H28ClFN2/c1-5-14(6-2)21(11-12(3)4)17(10-20)15-8-7-13(18)9-16(15)19/h7-9,12,14,17H,5-6,10-11,20H2,1-4H3. The SMILES string of the molecule is CCC(CC)N(CC(C)C)C(CN)c1ccc(Cl)cc1F. The van der Waals surface area contributed by atoms with Crippen LogP contribution in [0.3, 0.4) is 0 Å². The van der Waals surface area contributed by atoms with Crippen molar-refractivity contribution >= 4 is 11.6 Å². The molecule has 0 heterocycles. The highest BCUT2D eigenvalue weighted by Gasteiger charge is 2.27. The van der Waals surface area contributed by atoms with Crippen molar-refractivity contribution in [3.63, 3.8) is 0 Å². The molecule has 2 N–H and O–H groups in total. The second-order valence-electron chi connectivity index (χ2n) is 5.98. The lowest BCUT2D eigenvalue weighted by molar-refractivity contribution is 0.110. The molecule has 0 aliphatic rings. The molecule has 1 aromatic rings. The van der Waals surface area contributed by atoms with Crippen molar-refractivity contribution < 1.29 is 4.39 Å². The van der Waals surface area contributed by atoms with Crippen LogP contribution in [0, 0.1) is 11.7 Å². The van der Waals surface area contributed by atoms with E-state index in [1.807, 2.05) is 0 Å². The van der Waals surface area contributed by atoms with Gasteiger partial charge in [-0.15, -0.1) is 0 Å². The largest absolute Gasteiger partial charge is 0.329 e. The van der Waals surface area contributed by atoms with Crippen molar-refractivity contribution in [3.05, 3.63) is 34.6 Å². The summed E-state index contributed by atoms with van der Waals surface area (Å²) in [5.41, 5.74) is 6.64. The summed E-state index contributed by atoms with van der Waals surface area (Å²) in [5, 5.41) is 0.421. The molecular weight excluding hydrogens is 287 g/mol. The first-order valence-corrected chi connectivity index (χ1v) is 8.23. The van der Waals surface area contributed by atoms with Crippen LogP contribution < -0.4 is 5.73 Å². The van der Waals surface area contributed by atoms with Crippen LogP contribution in [0.15, 0.2) is 18.2 Å². The predicted octanol–water partition coefficient (Wildman–Crippen LogP) is 4.63. The minimum Gasteiger partial charge on any atom is -0.329 e. The van der Waals surface area contributed by atoms with E-state index >= 15 is 0 Å². The van der Waals surface area contributed by atoms with Gasteiger partial charge in [0.2, 0.25) is 0 Å². The maximum Gasteiger partial charge on any atom is 0.129 e. The second kappa shape index (κ2) is 8.72. The lowest BCUT2D eigenvalue weighted by Crippen LogP contribution is -2.43. The van der Waals surface area contributed by atoms with Crippen LogP contribution >= 0.6 is 11.6 Å². The van der Waals surface area contributed by atoms with Gasteiger partial charge in [-0.3, -0.25) is 4.90 Å². The molecule has 2 nitrogen and oxygen atoms in total. The molecular formula is C17H28ClFN2. The Bertz CT molecular complexity index is 433. The third-order valence-electron chi connectivity index (χ3n) is 3.93. The summed E-state index contributed by atoms with van der Waals surface area (Å²) in [4.78, 5) is 2.36. The van der Waals surface area contributed by atoms with Gasteiger partial charge in [0.25, 0.3) is 0 Å². The van der Waals surface area contributed by atoms with Gasteiger partial charge in [-0.2, -0.15) is 0 Å². The average Bonchev–Trinajstić information content (AvgIpc) is 2.42. The summed E-state index contributed by atoms with van der Waals surface area (Å²) in [6.07, 6.45) is 2.07. The summed E-state index contributed by atoms with van der Waals surface area (Å²) in [6, 6.07) is 5.19. The molecule has 1 atom stereocenters. The number of rotatable bonds is 8. The molecule has 0 aliphatic heterocycles. The van der Waals surface area contributed by atoms with Crippen molar-refractivity contribution in [2.24, 2.45) is 11.7 Å². The molecule has 120 valence electrons. The third-order valence-corrected chi connectivity index (χ3v) is 4.17. The Kier molecular flexibility index (Phi) is 7.64. The van der Waals surface area contributed by atoms with E-state index in [0.29, 0.717) is 29.1 Å². The van der Waals surface area contributed by atoms with Gasteiger partial charge in [-0.05, 0) is 30.9 Å². The maximum absolute atomic E-state index is 14.3. The maximum atomic E-state index is 14.3. The smallest absolute Gasteiger partial charge is 0.129 e. The molecule has 0 fully saturated rings. The van der Waals surface area contributed by atoms with Crippen LogP contribution in [0.1, 0.15) is 52.1 Å². The third kappa shape index (κ3) is 4.94. The van der Waals surface area contributed by atoms with Crippen LogP contribution in [-0.4, -0.2) is 24.0 Å². The lowest BCUT2D eigenvalue weighted by Gasteiger charge is -2.38. The number of nitrogens with zero attached hydrogens (tertiary/aromatic N) is 1. The molecule has 0 spiro atoms. The lowest BCUT2D eigenvalue weighted by atomic mass is 9.98. The highest BCUT2D eigenvalue weighted by Crippen LogP contribution is 2.29. The highest BCUT2D eigenvalue weighted by atomic mass is 35.5. The molecule has 0 saturated heterocycles. The summed E-state index contributed by atoms with van der Waals surface area (Å²) < 4.78 is 14.3. The van der Waals surface area contributed by atoms with Crippen LogP contribution in [-0.2, 0) is 0 Å². The molecule has 0 amide bonds. The molecule has 21 heavy (non-hydrogen) atoms. The Hall–Kier alpha value is -0.640. The predicted molar refractivity (Wildman–Crippen MR) is 89.1 cm³/mol. The second-order valence-corrected chi connectivity index (χ2v) is 6.41. The summed E-state index contributed by atoms with van der Waals surface area (Å²) in [5.74, 6) is 0.243. The van der Waals surface area contributed by atoms with E-state index in [-0.39, 0.29) is 11.9 Å². The topological polar surface area (TPSA) is 29.3 Å². The Morgan fingerprint density at radius 1 is 1.24 bits per heavy atom.